The molecule has 0 aliphatic carbocycles. The van der Waals surface area contributed by atoms with Crippen molar-refractivity contribution >= 4 is 23.6 Å². The number of nitrogen functional groups attached to an aromatic ring is 1. The quantitative estimate of drug-likeness (QED) is 0.611. The number of amides is 1. The van der Waals surface area contributed by atoms with Crippen molar-refractivity contribution in [3.63, 3.8) is 0 Å². The molecule has 0 spiro atoms. The van der Waals surface area contributed by atoms with Gasteiger partial charge in [0.2, 0.25) is 5.91 Å². The van der Waals surface area contributed by atoms with Crippen molar-refractivity contribution in [2.24, 2.45) is 5.92 Å². The number of rotatable bonds is 3. The van der Waals surface area contributed by atoms with E-state index in [4.69, 9.17) is 10.8 Å². The number of carboxylic acids is 1. The molecule has 1 aliphatic heterocycles. The van der Waals surface area contributed by atoms with E-state index >= 15 is 0 Å². The Morgan fingerprint density at radius 1 is 1.28 bits per heavy atom. The number of carboxylic acid groups (broad SMARTS) is 1. The summed E-state index contributed by atoms with van der Waals surface area (Å²) >= 11 is 0. The summed E-state index contributed by atoms with van der Waals surface area (Å²) in [5.74, 6) is -1.43. The van der Waals surface area contributed by atoms with Crippen LogP contribution in [-0.2, 0) is 9.59 Å². The Morgan fingerprint density at radius 3 is 2.44 bits per heavy atom. The van der Waals surface area contributed by atoms with Crippen molar-refractivity contribution in [1.82, 2.24) is 4.90 Å². The number of carbonyl (C=O) groups is 2. The van der Waals surface area contributed by atoms with Crippen LogP contribution < -0.4 is 5.73 Å². The molecule has 94 valence electrons. The van der Waals surface area contributed by atoms with Crippen LogP contribution in [0.25, 0.3) is 6.08 Å². The zero-order valence-corrected chi connectivity index (χ0v) is 9.74. The minimum Gasteiger partial charge on any atom is -0.481 e. The van der Waals surface area contributed by atoms with E-state index in [0.717, 1.165) is 5.56 Å². The van der Waals surface area contributed by atoms with Crippen LogP contribution in [-0.4, -0.2) is 35.0 Å². The summed E-state index contributed by atoms with van der Waals surface area (Å²) in [4.78, 5) is 23.8. The summed E-state index contributed by atoms with van der Waals surface area (Å²) in [5.41, 5.74) is 7.10. The molecule has 5 heteroatoms. The third kappa shape index (κ3) is 2.68. The normalized spacial score (nSPS) is 15.7. The summed E-state index contributed by atoms with van der Waals surface area (Å²) in [7, 11) is 0. The lowest BCUT2D eigenvalue weighted by Crippen LogP contribution is -2.52. The van der Waals surface area contributed by atoms with Crippen LogP contribution in [0.15, 0.2) is 30.3 Å². The smallest absolute Gasteiger partial charge is 0.310 e. The molecule has 0 saturated carbocycles. The third-order valence-electron chi connectivity index (χ3n) is 2.90. The number of nitrogens with zero attached hydrogens (tertiary/aromatic N) is 1. The van der Waals surface area contributed by atoms with Crippen LogP contribution in [0.4, 0.5) is 5.69 Å². The first-order chi connectivity index (χ1) is 8.56. The molecule has 1 heterocycles. The summed E-state index contributed by atoms with van der Waals surface area (Å²) in [6.07, 6.45) is 3.14. The summed E-state index contributed by atoms with van der Waals surface area (Å²) < 4.78 is 0. The van der Waals surface area contributed by atoms with Gasteiger partial charge in [-0.1, -0.05) is 12.1 Å². The number of hydrogen-bond donors (Lipinski definition) is 2. The Morgan fingerprint density at radius 2 is 1.89 bits per heavy atom. The highest BCUT2D eigenvalue weighted by atomic mass is 16.4. The Hall–Kier alpha value is -2.30. The highest BCUT2D eigenvalue weighted by Gasteiger charge is 2.34. The fraction of sp³-hybridized carbons (Fsp3) is 0.231. The molecule has 1 aliphatic rings. The fourth-order valence-corrected chi connectivity index (χ4v) is 1.69. The van der Waals surface area contributed by atoms with E-state index in [1.807, 2.05) is 12.1 Å². The molecule has 0 bridgehead atoms. The molecule has 1 saturated heterocycles. The number of likely N-dealkylation sites (tertiary alicyclic amines) is 1. The van der Waals surface area contributed by atoms with Crippen molar-refractivity contribution < 1.29 is 14.7 Å². The second kappa shape index (κ2) is 4.91. The first kappa shape index (κ1) is 12.2. The van der Waals surface area contributed by atoms with Crippen molar-refractivity contribution in [2.45, 2.75) is 0 Å². The van der Waals surface area contributed by atoms with Gasteiger partial charge in [0.15, 0.2) is 0 Å². The van der Waals surface area contributed by atoms with Crippen LogP contribution in [0, 0.1) is 5.92 Å². The second-order valence-electron chi connectivity index (χ2n) is 4.28. The molecule has 1 aromatic rings. The lowest BCUT2D eigenvalue weighted by Gasteiger charge is -2.35. The maximum absolute atomic E-state index is 11.7. The van der Waals surface area contributed by atoms with Crippen LogP contribution in [0.5, 0.6) is 0 Å². The number of nitrogens with two attached hydrogens (primary N) is 1. The summed E-state index contributed by atoms with van der Waals surface area (Å²) in [6.45, 7) is 0.584. The average Bonchev–Trinajstić information content (AvgIpc) is 2.25. The molecule has 1 amide bonds. The van der Waals surface area contributed by atoms with Gasteiger partial charge in [0.25, 0.3) is 0 Å². The predicted octanol–water partition coefficient (Wildman–Crippen LogP) is 0.825. The number of aliphatic carboxylic acids is 1. The summed E-state index contributed by atoms with van der Waals surface area (Å²) in [6, 6.07) is 7.15. The molecule has 0 atom stereocenters. The van der Waals surface area contributed by atoms with Crippen LogP contribution in [0.1, 0.15) is 5.56 Å². The Kier molecular flexibility index (Phi) is 3.32. The molecule has 3 N–H and O–H groups in total. The van der Waals surface area contributed by atoms with Crippen LogP contribution in [0.3, 0.4) is 0 Å². The van der Waals surface area contributed by atoms with E-state index < -0.39 is 11.9 Å². The topological polar surface area (TPSA) is 83.6 Å². The van der Waals surface area contributed by atoms with Crippen molar-refractivity contribution in [1.29, 1.82) is 0 Å². The molecular weight excluding hydrogens is 232 g/mol. The highest BCUT2D eigenvalue weighted by Crippen LogP contribution is 2.16. The monoisotopic (exact) mass is 246 g/mol. The van der Waals surface area contributed by atoms with Crippen LogP contribution >= 0.6 is 0 Å². The summed E-state index contributed by atoms with van der Waals surface area (Å²) in [5, 5.41) is 8.70. The zero-order valence-electron chi connectivity index (χ0n) is 9.74. The van der Waals surface area contributed by atoms with E-state index in [2.05, 4.69) is 0 Å². The van der Waals surface area contributed by atoms with Gasteiger partial charge in [0.1, 0.15) is 0 Å². The Balaban J connectivity index is 1.89. The van der Waals surface area contributed by atoms with Crippen LogP contribution in [0.2, 0.25) is 0 Å². The Bertz CT molecular complexity index is 487. The Labute approximate surface area is 105 Å². The van der Waals surface area contributed by atoms with Crippen molar-refractivity contribution in [2.75, 3.05) is 18.8 Å². The van der Waals surface area contributed by atoms with E-state index in [1.54, 1.807) is 18.2 Å². The van der Waals surface area contributed by atoms with Crippen molar-refractivity contribution in [3.05, 3.63) is 35.9 Å². The maximum atomic E-state index is 11.7. The SMILES string of the molecule is Nc1ccc(/C=C/C(=O)N2CC(C(=O)O)C2)cc1. The van der Waals surface area contributed by atoms with E-state index in [0.29, 0.717) is 18.8 Å². The van der Waals surface area contributed by atoms with E-state index in [9.17, 15) is 9.59 Å². The largest absolute Gasteiger partial charge is 0.481 e. The van der Waals surface area contributed by atoms with Gasteiger partial charge in [0.05, 0.1) is 5.92 Å². The lowest BCUT2D eigenvalue weighted by molar-refractivity contribution is -0.151. The standard InChI is InChI=1S/C13H14N2O3/c14-11-4-1-9(2-5-11)3-6-12(16)15-7-10(8-15)13(17)18/h1-6,10H,7-8,14H2,(H,17,18)/b6-3+. The minimum absolute atomic E-state index is 0.163. The second-order valence-corrected chi connectivity index (χ2v) is 4.28. The first-order valence-corrected chi connectivity index (χ1v) is 5.61. The maximum Gasteiger partial charge on any atom is 0.310 e. The molecule has 2 rings (SSSR count). The molecule has 0 unspecified atom stereocenters. The molecular formula is C13H14N2O3. The van der Waals surface area contributed by atoms with Gasteiger partial charge in [-0.25, -0.2) is 0 Å². The fourth-order valence-electron chi connectivity index (χ4n) is 1.69. The lowest BCUT2D eigenvalue weighted by atomic mass is 10.0. The number of benzene rings is 1. The molecule has 1 fully saturated rings. The molecule has 18 heavy (non-hydrogen) atoms. The number of carbonyl (C=O) groups excluding carboxylic acids is 1. The third-order valence-corrected chi connectivity index (χ3v) is 2.90. The van der Waals surface area contributed by atoms with Gasteiger partial charge in [-0.15, -0.1) is 0 Å². The van der Waals surface area contributed by atoms with Gasteiger partial charge >= 0.3 is 5.97 Å². The van der Waals surface area contributed by atoms with Gasteiger partial charge in [-0.2, -0.15) is 0 Å². The number of hydrogen-bond acceptors (Lipinski definition) is 3. The molecule has 1 aromatic carbocycles. The van der Waals surface area contributed by atoms with Crippen molar-refractivity contribution in [3.8, 4) is 0 Å². The van der Waals surface area contributed by atoms with Gasteiger partial charge < -0.3 is 15.7 Å². The van der Waals surface area contributed by atoms with E-state index in [-0.39, 0.29) is 5.91 Å². The first-order valence-electron chi connectivity index (χ1n) is 5.61. The van der Waals surface area contributed by atoms with Gasteiger partial charge in [-0.3, -0.25) is 9.59 Å². The van der Waals surface area contributed by atoms with Gasteiger partial charge in [-0.05, 0) is 23.8 Å². The van der Waals surface area contributed by atoms with E-state index in [1.165, 1.54) is 11.0 Å². The zero-order chi connectivity index (χ0) is 13.1. The molecule has 0 aromatic heterocycles. The molecule has 0 radical (unpaired) electrons. The number of anilines is 1. The minimum atomic E-state index is -0.846. The highest BCUT2D eigenvalue weighted by molar-refractivity contribution is 5.93. The van der Waals surface area contributed by atoms with Gasteiger partial charge in [0, 0.05) is 24.9 Å². The predicted molar refractivity (Wildman–Crippen MR) is 67.6 cm³/mol. The molecule has 5 nitrogen and oxygen atoms in total. The average molecular weight is 246 g/mol.